The third-order valence-electron chi connectivity index (χ3n) is 6.12. The zero-order valence-corrected chi connectivity index (χ0v) is 17.8. The molecule has 2 heterocycles. The van der Waals surface area contributed by atoms with Crippen LogP contribution in [0.5, 0.6) is 0 Å². The van der Waals surface area contributed by atoms with Crippen LogP contribution >= 0.6 is 11.8 Å². The van der Waals surface area contributed by atoms with Crippen molar-refractivity contribution in [1.29, 1.82) is 0 Å². The molecule has 5 nitrogen and oxygen atoms in total. The van der Waals surface area contributed by atoms with E-state index in [1.807, 2.05) is 18.2 Å². The summed E-state index contributed by atoms with van der Waals surface area (Å²) < 4.78 is 24.2. The Hall–Kier alpha value is -1.34. The van der Waals surface area contributed by atoms with Crippen molar-refractivity contribution < 1.29 is 13.2 Å². The largest absolute Gasteiger partial charge is 0.346 e. The Morgan fingerprint density at radius 1 is 1.14 bits per heavy atom. The zero-order valence-electron chi connectivity index (χ0n) is 16.1. The number of carbonyl (C=O) groups is 1. The molecular formula is C21H28N2O3S2. The van der Waals surface area contributed by atoms with E-state index in [1.165, 1.54) is 43.0 Å². The minimum Gasteiger partial charge on any atom is -0.346 e. The molecular weight excluding hydrogens is 392 g/mol. The monoisotopic (exact) mass is 420 g/mol. The minimum atomic E-state index is -3.00. The van der Waals surface area contributed by atoms with Crippen LogP contribution < -0.4 is 0 Å². The van der Waals surface area contributed by atoms with Crippen LogP contribution in [0.25, 0.3) is 0 Å². The topological polar surface area (TPSA) is 66.8 Å². The number of rotatable bonds is 6. The Labute approximate surface area is 171 Å². The molecule has 4 rings (SSSR count). The second kappa shape index (κ2) is 8.57. The summed E-state index contributed by atoms with van der Waals surface area (Å²) in [4.78, 5) is 19.0. The summed E-state index contributed by atoms with van der Waals surface area (Å²) in [7, 11) is -3.00. The van der Waals surface area contributed by atoms with E-state index in [1.54, 1.807) is 0 Å². The second-order valence-electron chi connectivity index (χ2n) is 8.21. The van der Waals surface area contributed by atoms with Crippen LogP contribution in [-0.2, 0) is 21.1 Å². The third kappa shape index (κ3) is 4.79. The molecule has 1 aromatic rings. The third-order valence-corrected chi connectivity index (χ3v) is 9.37. The second-order valence-corrected chi connectivity index (χ2v) is 11.6. The van der Waals surface area contributed by atoms with E-state index in [0.29, 0.717) is 18.9 Å². The number of carbonyl (C=O) groups excluding carboxylic acids is 1. The molecule has 28 heavy (non-hydrogen) atoms. The van der Waals surface area contributed by atoms with E-state index in [4.69, 9.17) is 0 Å². The summed E-state index contributed by atoms with van der Waals surface area (Å²) in [6, 6.07) is 10.1. The highest BCUT2D eigenvalue weighted by atomic mass is 32.2. The van der Waals surface area contributed by atoms with Gasteiger partial charge in [-0.3, -0.25) is 4.79 Å². The minimum absolute atomic E-state index is 0.00200. The summed E-state index contributed by atoms with van der Waals surface area (Å²) in [5.74, 6) is 0.995. The number of amides is 1. The van der Waals surface area contributed by atoms with Crippen molar-refractivity contribution in [3.8, 4) is 0 Å². The van der Waals surface area contributed by atoms with Crippen LogP contribution in [0.15, 0.2) is 35.3 Å². The molecule has 1 aliphatic carbocycles. The molecule has 3 aliphatic rings. The van der Waals surface area contributed by atoms with Crippen LogP contribution in [0.3, 0.4) is 0 Å². The summed E-state index contributed by atoms with van der Waals surface area (Å²) in [6.45, 7) is 0.697. The highest BCUT2D eigenvalue weighted by molar-refractivity contribution is 8.15. The predicted octanol–water partition coefficient (Wildman–Crippen LogP) is 3.30. The Kier molecular flexibility index (Phi) is 6.11. The van der Waals surface area contributed by atoms with Crippen molar-refractivity contribution in [3.05, 3.63) is 35.9 Å². The summed E-state index contributed by atoms with van der Waals surface area (Å²) >= 11 is 1.49. The van der Waals surface area contributed by atoms with Crippen molar-refractivity contribution in [2.75, 3.05) is 18.1 Å². The fourth-order valence-electron chi connectivity index (χ4n) is 4.58. The lowest BCUT2D eigenvalue weighted by Crippen LogP contribution is -2.39. The number of nitrogens with zero attached hydrogens (tertiary/aromatic N) is 2. The standard InChI is InChI=1S/C21H28N2O3S2/c24-20(11-10-16-8-4-5-9-16)22-21-23(13-12-17-6-2-1-3-7-17)18-14-28(25,26)15-19(18)27-21/h1-3,6-7,16,18-19H,4-5,8-15H2. The number of hydrogen-bond acceptors (Lipinski definition) is 4. The molecule has 0 bridgehead atoms. The number of benzene rings is 1. The Balaban J connectivity index is 1.43. The van der Waals surface area contributed by atoms with E-state index < -0.39 is 9.84 Å². The van der Waals surface area contributed by atoms with Gasteiger partial charge in [0.2, 0.25) is 5.91 Å². The van der Waals surface area contributed by atoms with E-state index in [-0.39, 0.29) is 28.7 Å². The molecule has 2 aliphatic heterocycles. The lowest BCUT2D eigenvalue weighted by molar-refractivity contribution is -0.118. The first-order valence-corrected chi connectivity index (χ1v) is 13.0. The van der Waals surface area contributed by atoms with Gasteiger partial charge in [0, 0.05) is 18.2 Å². The predicted molar refractivity (Wildman–Crippen MR) is 114 cm³/mol. The fourth-order valence-corrected chi connectivity index (χ4v) is 8.58. The molecule has 0 aromatic heterocycles. The van der Waals surface area contributed by atoms with Crippen LogP contribution in [0, 0.1) is 5.92 Å². The molecule has 1 amide bonds. The van der Waals surface area contributed by atoms with Gasteiger partial charge in [-0.05, 0) is 24.3 Å². The number of amidine groups is 1. The first kappa shape index (κ1) is 20.0. The highest BCUT2D eigenvalue weighted by Crippen LogP contribution is 2.38. The molecule has 1 aromatic carbocycles. The lowest BCUT2D eigenvalue weighted by atomic mass is 10.0. The fraction of sp³-hybridized carbons (Fsp3) is 0.619. The lowest BCUT2D eigenvalue weighted by Gasteiger charge is -2.24. The Morgan fingerprint density at radius 2 is 1.89 bits per heavy atom. The van der Waals surface area contributed by atoms with Crippen LogP contribution in [0.2, 0.25) is 0 Å². The average molecular weight is 421 g/mol. The smallest absolute Gasteiger partial charge is 0.248 e. The SMILES string of the molecule is O=C(CCC1CCCC1)N=C1SC2CS(=O)(=O)CC2N1CCc1ccccc1. The highest BCUT2D eigenvalue weighted by Gasteiger charge is 2.48. The van der Waals surface area contributed by atoms with E-state index in [0.717, 1.165) is 18.0 Å². The molecule has 2 saturated heterocycles. The molecule has 7 heteroatoms. The molecule has 0 radical (unpaired) electrons. The number of sulfone groups is 1. The van der Waals surface area contributed by atoms with Crippen LogP contribution in [-0.4, -0.2) is 53.7 Å². The molecule has 0 N–H and O–H groups in total. The van der Waals surface area contributed by atoms with E-state index >= 15 is 0 Å². The Bertz CT molecular complexity index is 832. The Morgan fingerprint density at radius 3 is 2.64 bits per heavy atom. The van der Waals surface area contributed by atoms with Crippen LogP contribution in [0.4, 0.5) is 0 Å². The molecule has 1 saturated carbocycles. The van der Waals surface area contributed by atoms with Gasteiger partial charge < -0.3 is 4.90 Å². The molecule has 0 spiro atoms. The molecule has 2 unspecified atom stereocenters. The van der Waals surface area contributed by atoms with Crippen LogP contribution in [0.1, 0.15) is 44.1 Å². The maximum absolute atomic E-state index is 12.5. The van der Waals surface area contributed by atoms with Gasteiger partial charge in [-0.15, -0.1) is 0 Å². The summed E-state index contributed by atoms with van der Waals surface area (Å²) in [5, 5.41) is 0.736. The van der Waals surface area contributed by atoms with Crippen molar-refractivity contribution in [3.63, 3.8) is 0 Å². The quantitative estimate of drug-likeness (QED) is 0.706. The molecule has 2 atom stereocenters. The first-order chi connectivity index (χ1) is 13.5. The van der Waals surface area contributed by atoms with Gasteiger partial charge in [0.05, 0.1) is 17.5 Å². The average Bonchev–Trinajstić information content (AvgIpc) is 3.35. The van der Waals surface area contributed by atoms with Crippen molar-refractivity contribution >= 4 is 32.7 Å². The summed E-state index contributed by atoms with van der Waals surface area (Å²) in [5.41, 5.74) is 1.21. The van der Waals surface area contributed by atoms with Gasteiger partial charge >= 0.3 is 0 Å². The van der Waals surface area contributed by atoms with Gasteiger partial charge in [0.15, 0.2) is 15.0 Å². The number of fused-ring (bicyclic) bond motifs is 1. The summed E-state index contributed by atoms with van der Waals surface area (Å²) in [6.07, 6.45) is 7.32. The first-order valence-electron chi connectivity index (χ1n) is 10.3. The molecule has 152 valence electrons. The van der Waals surface area contributed by atoms with Crippen molar-refractivity contribution in [2.45, 2.75) is 56.2 Å². The van der Waals surface area contributed by atoms with E-state index in [2.05, 4.69) is 22.0 Å². The van der Waals surface area contributed by atoms with Gasteiger partial charge in [-0.2, -0.15) is 4.99 Å². The number of hydrogen-bond donors (Lipinski definition) is 0. The molecule has 3 fully saturated rings. The van der Waals surface area contributed by atoms with Gasteiger partial charge in [-0.1, -0.05) is 67.8 Å². The maximum Gasteiger partial charge on any atom is 0.248 e. The normalized spacial score (nSPS) is 28.1. The van der Waals surface area contributed by atoms with Crippen molar-refractivity contribution in [2.24, 2.45) is 10.9 Å². The number of aliphatic imine (C=N–C) groups is 1. The van der Waals surface area contributed by atoms with E-state index in [9.17, 15) is 13.2 Å². The van der Waals surface area contributed by atoms with Gasteiger partial charge in [-0.25, -0.2) is 8.42 Å². The maximum atomic E-state index is 12.5. The zero-order chi connectivity index (χ0) is 19.6. The van der Waals surface area contributed by atoms with Crippen molar-refractivity contribution in [1.82, 2.24) is 4.90 Å². The van der Waals surface area contributed by atoms with Gasteiger partial charge in [0.1, 0.15) is 0 Å². The van der Waals surface area contributed by atoms with Gasteiger partial charge in [0.25, 0.3) is 0 Å². The number of thioether (sulfide) groups is 1.